The fourth-order valence-corrected chi connectivity index (χ4v) is 2.04. The van der Waals surface area contributed by atoms with Crippen LogP contribution in [0, 0.1) is 0 Å². The van der Waals surface area contributed by atoms with Gasteiger partial charge in [0, 0.05) is 11.4 Å². The van der Waals surface area contributed by atoms with Crippen LogP contribution in [0.5, 0.6) is 0 Å². The van der Waals surface area contributed by atoms with Crippen molar-refractivity contribution in [2.45, 2.75) is 12.8 Å². The van der Waals surface area contributed by atoms with E-state index in [1.807, 2.05) is 66.8 Å². The summed E-state index contributed by atoms with van der Waals surface area (Å²) in [5.74, 6) is -0.310. The molecule has 128 valence electrons. The second kappa shape index (κ2) is 9.78. The Balaban J connectivity index is 1.66. The van der Waals surface area contributed by atoms with Gasteiger partial charge in [-0.05, 0) is 47.9 Å². The minimum atomic E-state index is -0.310. The molecule has 0 bridgehead atoms. The third-order valence-electron chi connectivity index (χ3n) is 3.39. The summed E-state index contributed by atoms with van der Waals surface area (Å²) < 4.78 is 5.01. The van der Waals surface area contributed by atoms with Crippen LogP contribution in [-0.2, 0) is 16.0 Å². The lowest BCUT2D eigenvalue weighted by Gasteiger charge is -1.97. The lowest BCUT2D eigenvalue weighted by molar-refractivity contribution is -0.136. The van der Waals surface area contributed by atoms with Crippen molar-refractivity contribution < 1.29 is 9.53 Å². The number of esters is 1. The highest BCUT2D eigenvalue weighted by Crippen LogP contribution is 2.08. The van der Waals surface area contributed by atoms with Gasteiger partial charge in [-0.25, -0.2) is 0 Å². The highest BCUT2D eigenvalue weighted by atomic mass is 16.5. The minimum Gasteiger partial charge on any atom is -0.434 e. The van der Waals surface area contributed by atoms with E-state index in [1.54, 1.807) is 12.2 Å². The largest absolute Gasteiger partial charge is 0.434 e. The smallest absolute Gasteiger partial charge is 0.314 e. The zero-order chi connectivity index (χ0) is 17.9. The maximum atomic E-state index is 11.6. The summed E-state index contributed by atoms with van der Waals surface area (Å²) in [7, 11) is 0. The van der Waals surface area contributed by atoms with E-state index in [0.717, 1.165) is 17.7 Å². The molecule has 2 aromatic rings. The lowest BCUT2D eigenvalue weighted by Crippen LogP contribution is -1.96. The number of carbonyl (C=O) groups is 1. The standard InChI is InChI=1S/C21H22N2O2/c22-19-12-8-17(9-13-19)5-2-1-3-16-25-21(24)7-4-6-18-10-14-20(23)15-11-18/h1-4,6,8-16H,5,7,22-23H2. The topological polar surface area (TPSA) is 78.3 Å². The quantitative estimate of drug-likeness (QED) is 0.346. The van der Waals surface area contributed by atoms with Gasteiger partial charge in [0.2, 0.25) is 0 Å². The zero-order valence-corrected chi connectivity index (χ0v) is 14.0. The number of anilines is 2. The van der Waals surface area contributed by atoms with E-state index in [2.05, 4.69) is 0 Å². The number of allylic oxidation sites excluding steroid dienone is 3. The highest BCUT2D eigenvalue weighted by Gasteiger charge is 1.96. The molecule has 0 unspecified atom stereocenters. The van der Waals surface area contributed by atoms with Crippen LogP contribution in [0.1, 0.15) is 17.5 Å². The van der Waals surface area contributed by atoms with E-state index < -0.39 is 0 Å². The Morgan fingerprint density at radius 1 is 0.880 bits per heavy atom. The Morgan fingerprint density at radius 3 is 2.20 bits per heavy atom. The van der Waals surface area contributed by atoms with Gasteiger partial charge >= 0.3 is 5.97 Å². The van der Waals surface area contributed by atoms with Crippen molar-refractivity contribution in [1.29, 1.82) is 0 Å². The Labute approximate surface area is 148 Å². The first-order chi connectivity index (χ1) is 12.1. The molecule has 0 aliphatic carbocycles. The summed E-state index contributed by atoms with van der Waals surface area (Å²) in [5, 5.41) is 0. The van der Waals surface area contributed by atoms with E-state index in [-0.39, 0.29) is 12.4 Å². The summed E-state index contributed by atoms with van der Waals surface area (Å²) in [4.78, 5) is 11.6. The molecule has 0 saturated carbocycles. The van der Waals surface area contributed by atoms with Crippen LogP contribution in [0.2, 0.25) is 0 Å². The molecule has 0 aliphatic rings. The third-order valence-corrected chi connectivity index (χ3v) is 3.39. The summed E-state index contributed by atoms with van der Waals surface area (Å²) in [5.41, 5.74) is 14.9. The van der Waals surface area contributed by atoms with Crippen molar-refractivity contribution in [3.8, 4) is 0 Å². The number of rotatable bonds is 7. The van der Waals surface area contributed by atoms with Crippen LogP contribution in [0.15, 0.2) is 79.1 Å². The first-order valence-electron chi connectivity index (χ1n) is 8.01. The molecule has 0 fully saturated rings. The van der Waals surface area contributed by atoms with E-state index in [4.69, 9.17) is 16.2 Å². The molecule has 4 nitrogen and oxygen atoms in total. The third kappa shape index (κ3) is 7.22. The second-order valence-electron chi connectivity index (χ2n) is 5.47. The number of hydrogen-bond acceptors (Lipinski definition) is 4. The molecule has 4 N–H and O–H groups in total. The second-order valence-corrected chi connectivity index (χ2v) is 5.47. The van der Waals surface area contributed by atoms with Crippen LogP contribution in [0.25, 0.3) is 6.08 Å². The molecule has 4 heteroatoms. The normalized spacial score (nSPS) is 11.5. The predicted octanol–water partition coefficient (Wildman–Crippen LogP) is 4.11. The van der Waals surface area contributed by atoms with Gasteiger partial charge in [-0.1, -0.05) is 48.6 Å². The fraction of sp³-hybridized carbons (Fsp3) is 0.0952. The molecule has 0 atom stereocenters. The maximum Gasteiger partial charge on any atom is 0.314 e. The molecular formula is C21H22N2O2. The van der Waals surface area contributed by atoms with Gasteiger partial charge in [0.25, 0.3) is 0 Å². The van der Waals surface area contributed by atoms with Gasteiger partial charge < -0.3 is 16.2 Å². The van der Waals surface area contributed by atoms with Gasteiger partial charge in [0.1, 0.15) is 0 Å². The van der Waals surface area contributed by atoms with Gasteiger partial charge in [-0.15, -0.1) is 0 Å². The average molecular weight is 334 g/mol. The number of benzene rings is 2. The van der Waals surface area contributed by atoms with Gasteiger partial charge in [-0.2, -0.15) is 0 Å². The Hall–Kier alpha value is -3.27. The number of hydrogen-bond donors (Lipinski definition) is 2. The monoisotopic (exact) mass is 334 g/mol. The molecule has 0 spiro atoms. The molecule has 0 heterocycles. The molecule has 0 amide bonds. The van der Waals surface area contributed by atoms with Crippen molar-refractivity contribution in [3.63, 3.8) is 0 Å². The molecule has 25 heavy (non-hydrogen) atoms. The highest BCUT2D eigenvalue weighted by molar-refractivity contribution is 5.73. The molecule has 0 saturated heterocycles. The van der Waals surface area contributed by atoms with Gasteiger partial charge in [0.15, 0.2) is 0 Å². The molecule has 0 radical (unpaired) electrons. The zero-order valence-electron chi connectivity index (χ0n) is 14.0. The van der Waals surface area contributed by atoms with E-state index >= 15 is 0 Å². The van der Waals surface area contributed by atoms with E-state index in [9.17, 15) is 4.79 Å². The van der Waals surface area contributed by atoms with Crippen molar-refractivity contribution in [1.82, 2.24) is 0 Å². The Kier molecular flexibility index (Phi) is 7.07. The summed E-state index contributed by atoms with van der Waals surface area (Å²) >= 11 is 0. The van der Waals surface area contributed by atoms with Crippen LogP contribution in [-0.4, -0.2) is 5.97 Å². The van der Waals surface area contributed by atoms with Crippen molar-refractivity contribution >= 4 is 23.4 Å². The number of ether oxygens (including phenoxy) is 1. The molecule has 0 aromatic heterocycles. The first-order valence-corrected chi connectivity index (χ1v) is 8.01. The maximum absolute atomic E-state index is 11.6. The summed E-state index contributed by atoms with van der Waals surface area (Å²) in [6, 6.07) is 15.1. The number of nitrogens with two attached hydrogens (primary N) is 2. The van der Waals surface area contributed by atoms with Crippen molar-refractivity contribution in [3.05, 3.63) is 90.2 Å². The SMILES string of the molecule is Nc1ccc(C=CCC(=O)OC=CC=CCc2ccc(N)cc2)cc1. The Bertz CT molecular complexity index is 757. The first kappa shape index (κ1) is 18.1. The fourth-order valence-electron chi connectivity index (χ4n) is 2.04. The van der Waals surface area contributed by atoms with Crippen LogP contribution < -0.4 is 11.5 Å². The minimum absolute atomic E-state index is 0.212. The number of nitrogen functional groups attached to an aromatic ring is 2. The average Bonchev–Trinajstić information content (AvgIpc) is 2.61. The summed E-state index contributed by atoms with van der Waals surface area (Å²) in [6.07, 6.45) is 11.5. The molecule has 0 aliphatic heterocycles. The van der Waals surface area contributed by atoms with Gasteiger partial charge in [-0.3, -0.25) is 4.79 Å². The summed E-state index contributed by atoms with van der Waals surface area (Å²) in [6.45, 7) is 0. The van der Waals surface area contributed by atoms with Crippen LogP contribution >= 0.6 is 0 Å². The van der Waals surface area contributed by atoms with Crippen molar-refractivity contribution in [2.24, 2.45) is 0 Å². The number of carbonyl (C=O) groups excluding carboxylic acids is 1. The molecular weight excluding hydrogens is 312 g/mol. The lowest BCUT2D eigenvalue weighted by atomic mass is 10.1. The van der Waals surface area contributed by atoms with Crippen LogP contribution in [0.4, 0.5) is 11.4 Å². The van der Waals surface area contributed by atoms with Crippen molar-refractivity contribution in [2.75, 3.05) is 11.5 Å². The molecule has 2 aromatic carbocycles. The van der Waals surface area contributed by atoms with Gasteiger partial charge in [0.05, 0.1) is 12.7 Å². The Morgan fingerprint density at radius 2 is 1.52 bits per heavy atom. The predicted molar refractivity (Wildman–Crippen MR) is 103 cm³/mol. The van der Waals surface area contributed by atoms with E-state index in [1.165, 1.54) is 11.8 Å². The van der Waals surface area contributed by atoms with E-state index in [0.29, 0.717) is 5.69 Å². The molecule has 2 rings (SSSR count). The van der Waals surface area contributed by atoms with Crippen LogP contribution in [0.3, 0.4) is 0 Å².